The molecule has 2 aliphatic rings. The molecule has 142 valence electrons. The number of benzene rings is 1. The summed E-state index contributed by atoms with van der Waals surface area (Å²) in [4.78, 5) is 27.6. The molecule has 1 saturated heterocycles. The van der Waals surface area contributed by atoms with Crippen molar-refractivity contribution in [3.63, 3.8) is 0 Å². The molecule has 6 nitrogen and oxygen atoms in total. The number of amides is 1. The molecule has 0 spiro atoms. The van der Waals surface area contributed by atoms with Gasteiger partial charge in [-0.25, -0.2) is 4.79 Å². The molecule has 1 aromatic carbocycles. The number of ether oxygens (including phenoxy) is 3. The molecule has 0 atom stereocenters. The maximum Gasteiger partial charge on any atom is 0.348 e. The minimum absolute atomic E-state index is 0.119. The van der Waals surface area contributed by atoms with E-state index in [1.807, 2.05) is 24.3 Å². The monoisotopic (exact) mass is 387 g/mol. The Morgan fingerprint density at radius 2 is 1.78 bits per heavy atom. The number of likely N-dealkylation sites (tertiary alicyclic amines) is 1. The highest BCUT2D eigenvalue weighted by atomic mass is 32.1. The Balaban J connectivity index is 1.38. The van der Waals surface area contributed by atoms with Gasteiger partial charge in [0.2, 0.25) is 0 Å². The fourth-order valence-corrected chi connectivity index (χ4v) is 4.13. The smallest absolute Gasteiger partial charge is 0.348 e. The fraction of sp³-hybridized carbons (Fsp3) is 0.400. The van der Waals surface area contributed by atoms with E-state index < -0.39 is 5.97 Å². The molecule has 0 radical (unpaired) electrons. The van der Waals surface area contributed by atoms with E-state index in [-0.39, 0.29) is 12.5 Å². The van der Waals surface area contributed by atoms with Crippen LogP contribution in [0.5, 0.6) is 11.5 Å². The number of piperidine rings is 1. The van der Waals surface area contributed by atoms with Gasteiger partial charge in [-0.05, 0) is 55.2 Å². The summed E-state index contributed by atoms with van der Waals surface area (Å²) < 4.78 is 16.4. The first kappa shape index (κ1) is 17.9. The second-order valence-electron chi connectivity index (χ2n) is 6.54. The average Bonchev–Trinajstić information content (AvgIpc) is 3.22. The van der Waals surface area contributed by atoms with Crippen molar-refractivity contribution in [1.29, 1.82) is 0 Å². The van der Waals surface area contributed by atoms with Crippen molar-refractivity contribution in [1.82, 2.24) is 4.90 Å². The zero-order chi connectivity index (χ0) is 18.6. The summed E-state index contributed by atoms with van der Waals surface area (Å²) in [5.41, 5.74) is 0.952. The molecule has 2 aliphatic heterocycles. The first-order valence-corrected chi connectivity index (χ1v) is 9.97. The lowest BCUT2D eigenvalue weighted by molar-refractivity contribution is -0.135. The quantitative estimate of drug-likeness (QED) is 0.753. The summed E-state index contributed by atoms with van der Waals surface area (Å²) in [5, 5.41) is 0. The molecule has 2 aromatic rings. The van der Waals surface area contributed by atoms with Gasteiger partial charge in [-0.3, -0.25) is 4.79 Å². The molecule has 0 N–H and O–H groups in total. The summed E-state index contributed by atoms with van der Waals surface area (Å²) in [7, 11) is 0. The number of thiophene rings is 1. The maximum atomic E-state index is 12.3. The SMILES string of the molecule is O=C(OCC(=O)N1CCCCC1)c1ccc(-c2ccc3c(c2)OCCO3)s1. The molecule has 4 rings (SSSR count). The Labute approximate surface area is 161 Å². The van der Waals surface area contributed by atoms with Crippen molar-refractivity contribution in [3.05, 3.63) is 35.2 Å². The number of carbonyl (C=O) groups is 2. The Hall–Kier alpha value is -2.54. The lowest BCUT2D eigenvalue weighted by atomic mass is 10.1. The molecular formula is C20H21NO5S. The van der Waals surface area contributed by atoms with Crippen molar-refractivity contribution >= 4 is 23.2 Å². The minimum atomic E-state index is -0.464. The van der Waals surface area contributed by atoms with E-state index in [0.29, 0.717) is 23.8 Å². The van der Waals surface area contributed by atoms with Crippen LogP contribution < -0.4 is 9.47 Å². The Morgan fingerprint density at radius 1 is 1.00 bits per heavy atom. The lowest BCUT2D eigenvalue weighted by Crippen LogP contribution is -2.38. The molecule has 7 heteroatoms. The molecule has 0 saturated carbocycles. The normalized spacial score (nSPS) is 16.1. The molecule has 1 fully saturated rings. The molecule has 0 aliphatic carbocycles. The van der Waals surface area contributed by atoms with Crippen molar-refractivity contribution in [3.8, 4) is 21.9 Å². The Bertz CT molecular complexity index is 841. The number of hydrogen-bond donors (Lipinski definition) is 0. The number of carbonyl (C=O) groups excluding carboxylic acids is 2. The van der Waals surface area contributed by atoms with E-state index in [2.05, 4.69) is 0 Å². The van der Waals surface area contributed by atoms with Gasteiger partial charge in [0.15, 0.2) is 18.1 Å². The van der Waals surface area contributed by atoms with Gasteiger partial charge in [0.25, 0.3) is 5.91 Å². The van der Waals surface area contributed by atoms with Crippen LogP contribution >= 0.6 is 11.3 Å². The van der Waals surface area contributed by atoms with Crippen molar-refractivity contribution in [2.75, 3.05) is 32.9 Å². The summed E-state index contributed by atoms with van der Waals surface area (Å²) in [5.74, 6) is 0.863. The van der Waals surface area contributed by atoms with Crippen LogP contribution in [-0.4, -0.2) is 49.7 Å². The van der Waals surface area contributed by atoms with Crippen molar-refractivity contribution in [2.24, 2.45) is 0 Å². The Kier molecular flexibility index (Phi) is 5.29. The van der Waals surface area contributed by atoms with Crippen LogP contribution in [0.15, 0.2) is 30.3 Å². The zero-order valence-electron chi connectivity index (χ0n) is 14.9. The second kappa shape index (κ2) is 8.00. The molecule has 0 unspecified atom stereocenters. The van der Waals surface area contributed by atoms with Crippen molar-refractivity contribution in [2.45, 2.75) is 19.3 Å². The number of nitrogens with zero attached hydrogens (tertiary/aromatic N) is 1. The third-order valence-corrected chi connectivity index (χ3v) is 5.78. The topological polar surface area (TPSA) is 65.1 Å². The highest BCUT2D eigenvalue weighted by molar-refractivity contribution is 7.17. The van der Waals surface area contributed by atoms with Crippen LogP contribution in [0, 0.1) is 0 Å². The number of esters is 1. The van der Waals surface area contributed by atoms with Gasteiger partial charge in [-0.1, -0.05) is 0 Å². The third-order valence-electron chi connectivity index (χ3n) is 4.67. The van der Waals surface area contributed by atoms with Gasteiger partial charge in [0.1, 0.15) is 18.1 Å². The summed E-state index contributed by atoms with van der Waals surface area (Å²) in [6.45, 7) is 2.39. The number of rotatable bonds is 4. The molecule has 1 aromatic heterocycles. The zero-order valence-corrected chi connectivity index (χ0v) is 15.8. The summed E-state index contributed by atoms with van der Waals surface area (Å²) in [6.07, 6.45) is 3.19. The summed E-state index contributed by atoms with van der Waals surface area (Å²) >= 11 is 1.34. The lowest BCUT2D eigenvalue weighted by Gasteiger charge is -2.26. The number of hydrogen-bond acceptors (Lipinski definition) is 6. The molecule has 1 amide bonds. The van der Waals surface area contributed by atoms with Gasteiger partial charge < -0.3 is 19.1 Å². The first-order valence-electron chi connectivity index (χ1n) is 9.15. The van der Waals surface area contributed by atoms with Gasteiger partial charge in [0.05, 0.1) is 0 Å². The van der Waals surface area contributed by atoms with Crippen LogP contribution in [0.1, 0.15) is 28.9 Å². The van der Waals surface area contributed by atoms with Crippen LogP contribution in [-0.2, 0) is 9.53 Å². The van der Waals surface area contributed by atoms with Crippen LogP contribution in [0.25, 0.3) is 10.4 Å². The van der Waals surface area contributed by atoms with E-state index in [1.165, 1.54) is 11.3 Å². The molecule has 27 heavy (non-hydrogen) atoms. The maximum absolute atomic E-state index is 12.3. The van der Waals surface area contributed by atoms with E-state index in [1.54, 1.807) is 11.0 Å². The van der Waals surface area contributed by atoms with E-state index in [4.69, 9.17) is 14.2 Å². The second-order valence-corrected chi connectivity index (χ2v) is 7.62. The molecule has 3 heterocycles. The Morgan fingerprint density at radius 3 is 2.59 bits per heavy atom. The summed E-state index contributed by atoms with van der Waals surface area (Å²) in [6, 6.07) is 9.33. The van der Waals surface area contributed by atoms with E-state index in [9.17, 15) is 9.59 Å². The van der Waals surface area contributed by atoms with Gasteiger partial charge in [-0.15, -0.1) is 11.3 Å². The largest absolute Gasteiger partial charge is 0.486 e. The predicted octanol–water partition coefficient (Wildman–Crippen LogP) is 3.36. The number of fused-ring (bicyclic) bond motifs is 1. The van der Waals surface area contributed by atoms with Crippen LogP contribution in [0.4, 0.5) is 0 Å². The highest BCUT2D eigenvalue weighted by Crippen LogP contribution is 2.37. The minimum Gasteiger partial charge on any atom is -0.486 e. The van der Waals surface area contributed by atoms with E-state index >= 15 is 0 Å². The van der Waals surface area contributed by atoms with E-state index in [0.717, 1.165) is 48.5 Å². The standard InChI is InChI=1S/C20H21NO5S/c22-19(21-8-2-1-3-9-21)13-26-20(23)18-7-6-17(27-18)14-4-5-15-16(12-14)25-11-10-24-15/h4-7,12H,1-3,8-11,13H2. The van der Waals surface area contributed by atoms with Gasteiger partial charge in [0, 0.05) is 18.0 Å². The molecular weight excluding hydrogens is 366 g/mol. The third kappa shape index (κ3) is 4.08. The van der Waals surface area contributed by atoms with Crippen LogP contribution in [0.3, 0.4) is 0 Å². The highest BCUT2D eigenvalue weighted by Gasteiger charge is 2.20. The first-order chi connectivity index (χ1) is 13.2. The van der Waals surface area contributed by atoms with Crippen LogP contribution in [0.2, 0.25) is 0 Å². The average molecular weight is 387 g/mol. The fourth-order valence-electron chi connectivity index (χ4n) is 3.23. The predicted molar refractivity (Wildman–Crippen MR) is 101 cm³/mol. The van der Waals surface area contributed by atoms with Gasteiger partial charge in [-0.2, -0.15) is 0 Å². The molecule has 0 bridgehead atoms. The van der Waals surface area contributed by atoms with Gasteiger partial charge >= 0.3 is 5.97 Å². The van der Waals surface area contributed by atoms with Crippen molar-refractivity contribution < 1.29 is 23.8 Å².